The minimum atomic E-state index is 0.688. The van der Waals surface area contributed by atoms with Crippen molar-refractivity contribution in [2.75, 3.05) is 0 Å². The average Bonchev–Trinajstić information content (AvgIpc) is 3.19. The van der Waals surface area contributed by atoms with E-state index in [9.17, 15) is 0 Å². The minimum absolute atomic E-state index is 0.688. The van der Waals surface area contributed by atoms with Gasteiger partial charge in [-0.2, -0.15) is 0 Å². The number of benzene rings is 1. The molecule has 3 heterocycles. The zero-order chi connectivity index (χ0) is 15.6. The highest BCUT2D eigenvalue weighted by Gasteiger charge is 2.09. The summed E-state index contributed by atoms with van der Waals surface area (Å²) in [6, 6.07) is 13.6. The number of nitrogens with zero attached hydrogens (tertiary/aromatic N) is 5. The van der Waals surface area contributed by atoms with Crippen LogP contribution >= 0.6 is 23.4 Å². The van der Waals surface area contributed by atoms with Gasteiger partial charge < -0.3 is 4.40 Å². The fourth-order valence-corrected chi connectivity index (χ4v) is 3.32. The number of hydrogen-bond donors (Lipinski definition) is 0. The van der Waals surface area contributed by atoms with Crippen molar-refractivity contribution in [3.63, 3.8) is 0 Å². The largest absolute Gasteiger partial charge is 0.307 e. The van der Waals surface area contributed by atoms with E-state index in [0.717, 1.165) is 27.9 Å². The Morgan fingerprint density at radius 3 is 2.96 bits per heavy atom. The Bertz CT molecular complexity index is 929. The number of aromatic nitrogens is 5. The van der Waals surface area contributed by atoms with Crippen LogP contribution in [0.3, 0.4) is 0 Å². The van der Waals surface area contributed by atoms with Crippen LogP contribution in [-0.2, 0) is 5.75 Å². The van der Waals surface area contributed by atoms with Gasteiger partial charge in [0.25, 0.3) is 0 Å². The van der Waals surface area contributed by atoms with Crippen LogP contribution in [0.1, 0.15) is 5.69 Å². The van der Waals surface area contributed by atoms with E-state index in [1.165, 1.54) is 0 Å². The number of halogens is 1. The van der Waals surface area contributed by atoms with E-state index in [-0.39, 0.29) is 0 Å². The van der Waals surface area contributed by atoms with Crippen LogP contribution in [0.15, 0.2) is 66.3 Å². The van der Waals surface area contributed by atoms with Gasteiger partial charge in [-0.15, -0.1) is 10.2 Å². The second-order valence-electron chi connectivity index (χ2n) is 4.95. The maximum atomic E-state index is 6.06. The number of pyridine rings is 1. The maximum Gasteiger partial charge on any atom is 0.195 e. The molecular formula is C16H12ClN5S. The van der Waals surface area contributed by atoms with Crippen molar-refractivity contribution in [3.8, 4) is 5.69 Å². The second kappa shape index (κ2) is 6.06. The zero-order valence-corrected chi connectivity index (χ0v) is 13.6. The summed E-state index contributed by atoms with van der Waals surface area (Å²) < 4.78 is 3.93. The third-order valence-electron chi connectivity index (χ3n) is 3.37. The van der Waals surface area contributed by atoms with E-state index < -0.39 is 0 Å². The van der Waals surface area contributed by atoms with Gasteiger partial charge in [0, 0.05) is 23.2 Å². The summed E-state index contributed by atoms with van der Waals surface area (Å²) in [7, 11) is 0. The molecule has 0 bridgehead atoms. The molecule has 5 nitrogen and oxygen atoms in total. The Morgan fingerprint density at radius 2 is 2.09 bits per heavy atom. The van der Waals surface area contributed by atoms with Crippen molar-refractivity contribution < 1.29 is 0 Å². The Kier molecular flexibility index (Phi) is 3.77. The number of thioether (sulfide) groups is 1. The Balaban J connectivity index is 1.57. The van der Waals surface area contributed by atoms with Gasteiger partial charge in [-0.05, 0) is 30.3 Å². The summed E-state index contributed by atoms with van der Waals surface area (Å²) in [6.07, 6.45) is 5.71. The molecule has 7 heteroatoms. The lowest BCUT2D eigenvalue weighted by Crippen LogP contribution is -1.95. The van der Waals surface area contributed by atoms with E-state index in [0.29, 0.717) is 5.02 Å². The molecule has 0 amide bonds. The van der Waals surface area contributed by atoms with Gasteiger partial charge in [-0.1, -0.05) is 35.5 Å². The van der Waals surface area contributed by atoms with Gasteiger partial charge in [0.05, 0.1) is 11.4 Å². The first-order valence-electron chi connectivity index (χ1n) is 7.01. The van der Waals surface area contributed by atoms with E-state index >= 15 is 0 Å². The van der Waals surface area contributed by atoms with Gasteiger partial charge in [0.2, 0.25) is 0 Å². The molecule has 0 saturated carbocycles. The van der Waals surface area contributed by atoms with Crippen molar-refractivity contribution in [2.24, 2.45) is 0 Å². The standard InChI is InChI=1S/C16H12ClN5S/c17-12-4-3-5-14(8-12)22-11-18-20-16(22)23-10-13-9-21-7-2-1-6-15(21)19-13/h1-9,11H,10H2. The lowest BCUT2D eigenvalue weighted by molar-refractivity contribution is 0.883. The highest BCUT2D eigenvalue weighted by Crippen LogP contribution is 2.24. The quantitative estimate of drug-likeness (QED) is 0.529. The molecule has 23 heavy (non-hydrogen) atoms. The van der Waals surface area contributed by atoms with Crippen molar-refractivity contribution in [2.45, 2.75) is 10.9 Å². The van der Waals surface area contributed by atoms with Gasteiger partial charge in [0.1, 0.15) is 12.0 Å². The third-order valence-corrected chi connectivity index (χ3v) is 4.58. The predicted molar refractivity (Wildman–Crippen MR) is 91.1 cm³/mol. The summed E-state index contributed by atoms with van der Waals surface area (Å²) in [5.41, 5.74) is 2.89. The smallest absolute Gasteiger partial charge is 0.195 e. The van der Waals surface area contributed by atoms with Gasteiger partial charge in [-0.25, -0.2) is 4.98 Å². The molecule has 0 radical (unpaired) electrons. The van der Waals surface area contributed by atoms with Crippen LogP contribution in [0.5, 0.6) is 0 Å². The Labute approximate surface area is 142 Å². The molecule has 0 aliphatic heterocycles. The predicted octanol–water partition coefficient (Wildman–Crippen LogP) is 3.86. The van der Waals surface area contributed by atoms with E-state index in [1.54, 1.807) is 18.1 Å². The summed E-state index contributed by atoms with van der Waals surface area (Å²) in [5.74, 6) is 0.723. The molecule has 4 rings (SSSR count). The summed E-state index contributed by atoms with van der Waals surface area (Å²) >= 11 is 7.65. The molecule has 0 aliphatic rings. The summed E-state index contributed by atoms with van der Waals surface area (Å²) in [5, 5.41) is 9.69. The molecule has 0 fully saturated rings. The van der Waals surface area contributed by atoms with Crippen LogP contribution in [0.25, 0.3) is 11.3 Å². The van der Waals surface area contributed by atoms with E-state index in [4.69, 9.17) is 11.6 Å². The van der Waals surface area contributed by atoms with Crippen LogP contribution in [0.2, 0.25) is 5.02 Å². The fraction of sp³-hybridized carbons (Fsp3) is 0.0625. The molecule has 3 aromatic heterocycles. The lowest BCUT2D eigenvalue weighted by Gasteiger charge is -2.05. The van der Waals surface area contributed by atoms with Gasteiger partial charge in [-0.3, -0.25) is 4.57 Å². The van der Waals surface area contributed by atoms with E-state index in [2.05, 4.69) is 15.2 Å². The zero-order valence-electron chi connectivity index (χ0n) is 12.0. The normalized spacial score (nSPS) is 11.2. The maximum absolute atomic E-state index is 6.06. The highest BCUT2D eigenvalue weighted by atomic mass is 35.5. The molecule has 1 aromatic carbocycles. The molecule has 0 atom stereocenters. The molecule has 4 aromatic rings. The highest BCUT2D eigenvalue weighted by molar-refractivity contribution is 7.98. The van der Waals surface area contributed by atoms with Crippen molar-refractivity contribution in [1.29, 1.82) is 0 Å². The average molecular weight is 342 g/mol. The molecule has 0 N–H and O–H groups in total. The van der Waals surface area contributed by atoms with Crippen LogP contribution in [0.4, 0.5) is 0 Å². The SMILES string of the molecule is Clc1cccc(-n2cnnc2SCc2cn3ccccc3n2)c1. The van der Waals surface area contributed by atoms with Crippen LogP contribution in [0, 0.1) is 0 Å². The van der Waals surface area contributed by atoms with Crippen molar-refractivity contribution in [1.82, 2.24) is 24.1 Å². The monoisotopic (exact) mass is 341 g/mol. The number of fused-ring (bicyclic) bond motifs is 1. The molecule has 0 spiro atoms. The molecule has 0 saturated heterocycles. The fourth-order valence-electron chi connectivity index (χ4n) is 2.32. The van der Waals surface area contributed by atoms with Gasteiger partial charge in [0.15, 0.2) is 5.16 Å². The lowest BCUT2D eigenvalue weighted by atomic mass is 10.3. The second-order valence-corrected chi connectivity index (χ2v) is 6.33. The van der Waals surface area contributed by atoms with Crippen molar-refractivity contribution >= 4 is 29.0 Å². The van der Waals surface area contributed by atoms with Crippen LogP contribution in [-0.4, -0.2) is 24.1 Å². The van der Waals surface area contributed by atoms with Crippen molar-refractivity contribution in [3.05, 3.63) is 71.9 Å². The van der Waals surface area contributed by atoms with E-state index in [1.807, 2.05) is 63.8 Å². The number of imidazole rings is 1. The topological polar surface area (TPSA) is 48.0 Å². The van der Waals surface area contributed by atoms with Gasteiger partial charge >= 0.3 is 0 Å². The third kappa shape index (κ3) is 2.95. The number of rotatable bonds is 4. The molecule has 0 unspecified atom stereocenters. The first kappa shape index (κ1) is 14.3. The summed E-state index contributed by atoms with van der Waals surface area (Å²) in [4.78, 5) is 4.59. The summed E-state index contributed by atoms with van der Waals surface area (Å²) in [6.45, 7) is 0. The minimum Gasteiger partial charge on any atom is -0.307 e. The first-order chi connectivity index (χ1) is 11.3. The Hall–Kier alpha value is -2.31. The molecule has 0 aliphatic carbocycles. The Morgan fingerprint density at radius 1 is 1.13 bits per heavy atom. The van der Waals surface area contributed by atoms with Crippen LogP contribution < -0.4 is 0 Å². The number of hydrogen-bond acceptors (Lipinski definition) is 4. The molecular weight excluding hydrogens is 330 g/mol. The molecule has 114 valence electrons. The first-order valence-corrected chi connectivity index (χ1v) is 8.37.